The van der Waals surface area contributed by atoms with Gasteiger partial charge in [-0.3, -0.25) is 10.1 Å². The van der Waals surface area contributed by atoms with Crippen molar-refractivity contribution in [3.05, 3.63) is 28.0 Å². The highest BCUT2D eigenvalue weighted by atomic mass is 35.5. The molecule has 8 heteroatoms. The SMILES string of the molecule is CCCN(CCC)C(=O)C1=Cc2nc(Cl)c(C(C)(C)C)cc2N=C(NC(=O)OC(C)(C)C)C1. The number of ether oxygens (including phenoxy) is 1. The summed E-state index contributed by atoms with van der Waals surface area (Å²) in [6.45, 7) is 16.9. The number of carbonyl (C=O) groups excluding carboxylic acids is 2. The second-order valence-electron chi connectivity index (χ2n) is 10.3. The molecule has 2 amide bonds. The number of nitrogens with zero attached hydrogens (tertiary/aromatic N) is 3. The van der Waals surface area contributed by atoms with Gasteiger partial charge in [0.1, 0.15) is 16.6 Å². The van der Waals surface area contributed by atoms with Gasteiger partial charge in [-0.15, -0.1) is 0 Å². The maximum Gasteiger partial charge on any atom is 0.413 e. The molecule has 0 saturated carbocycles. The van der Waals surface area contributed by atoms with E-state index in [-0.39, 0.29) is 17.7 Å². The minimum Gasteiger partial charge on any atom is -0.444 e. The van der Waals surface area contributed by atoms with Crippen molar-refractivity contribution >= 4 is 41.2 Å². The molecule has 0 fully saturated rings. The molecule has 7 nitrogen and oxygen atoms in total. The zero-order valence-electron chi connectivity index (χ0n) is 21.1. The highest BCUT2D eigenvalue weighted by Gasteiger charge is 2.27. The van der Waals surface area contributed by atoms with Gasteiger partial charge in [0.05, 0.1) is 11.4 Å². The van der Waals surface area contributed by atoms with Crippen LogP contribution in [0.15, 0.2) is 16.6 Å². The molecule has 0 bridgehead atoms. The molecule has 2 rings (SSSR count). The van der Waals surface area contributed by atoms with Crippen LogP contribution in [-0.2, 0) is 14.9 Å². The number of nitrogens with one attached hydrogen (secondary N) is 1. The molecule has 0 aromatic carbocycles. The lowest BCUT2D eigenvalue weighted by Crippen LogP contribution is -2.38. The fraction of sp³-hybridized carbons (Fsp3) is 0.600. The number of halogens is 1. The standard InChI is InChI=1S/C25H37ClN4O3/c1-9-11-30(12-10-2)22(31)16-13-18-19(15-17(21(26)28-18)24(3,4)5)27-20(14-16)29-23(32)33-25(6,7)8/h13,15H,9-12,14H2,1-8H3,(H,27,29,32). The molecule has 0 spiro atoms. The lowest BCUT2D eigenvalue weighted by atomic mass is 9.88. The Hall–Kier alpha value is -2.41. The number of amides is 2. The van der Waals surface area contributed by atoms with E-state index in [4.69, 9.17) is 16.3 Å². The van der Waals surface area contributed by atoms with E-state index in [1.807, 2.05) is 45.6 Å². The molecule has 182 valence electrons. The van der Waals surface area contributed by atoms with Crippen LogP contribution in [0.3, 0.4) is 0 Å². The number of amidine groups is 1. The van der Waals surface area contributed by atoms with Crippen LogP contribution in [0, 0.1) is 0 Å². The third-order valence-corrected chi connectivity index (χ3v) is 5.20. The topological polar surface area (TPSA) is 83.9 Å². The van der Waals surface area contributed by atoms with Crippen molar-refractivity contribution in [2.24, 2.45) is 4.99 Å². The number of aliphatic imine (C=N–C) groups is 1. The lowest BCUT2D eigenvalue weighted by molar-refractivity contribution is -0.127. The Bertz CT molecular complexity index is 950. The molecule has 0 saturated heterocycles. The van der Waals surface area contributed by atoms with Gasteiger partial charge in [-0.05, 0) is 56.7 Å². The number of rotatable bonds is 5. The second kappa shape index (κ2) is 10.7. The van der Waals surface area contributed by atoms with E-state index in [1.54, 1.807) is 26.8 Å². The Balaban J connectivity index is 2.56. The highest BCUT2D eigenvalue weighted by molar-refractivity contribution is 6.30. The summed E-state index contributed by atoms with van der Waals surface area (Å²) in [6, 6.07) is 1.88. The molecule has 2 heterocycles. The predicted molar refractivity (Wildman–Crippen MR) is 134 cm³/mol. The van der Waals surface area contributed by atoms with Crippen LogP contribution in [0.1, 0.15) is 85.9 Å². The third-order valence-electron chi connectivity index (χ3n) is 4.91. The smallest absolute Gasteiger partial charge is 0.413 e. The second-order valence-corrected chi connectivity index (χ2v) is 10.7. The predicted octanol–water partition coefficient (Wildman–Crippen LogP) is 6.02. The zero-order valence-corrected chi connectivity index (χ0v) is 21.9. The fourth-order valence-corrected chi connectivity index (χ4v) is 3.91. The molecular weight excluding hydrogens is 440 g/mol. The van der Waals surface area contributed by atoms with E-state index >= 15 is 0 Å². The molecule has 1 aromatic rings. The van der Waals surface area contributed by atoms with Crippen molar-refractivity contribution in [3.63, 3.8) is 0 Å². The summed E-state index contributed by atoms with van der Waals surface area (Å²) in [5.41, 5.74) is 1.49. The summed E-state index contributed by atoms with van der Waals surface area (Å²) in [6.07, 6.45) is 2.98. The number of pyridine rings is 1. The Morgan fingerprint density at radius 3 is 2.24 bits per heavy atom. The van der Waals surface area contributed by atoms with Gasteiger partial charge in [0.15, 0.2) is 0 Å². The molecule has 1 aliphatic heterocycles. The summed E-state index contributed by atoms with van der Waals surface area (Å²) in [7, 11) is 0. The average Bonchev–Trinajstić information content (AvgIpc) is 2.82. The number of carbonyl (C=O) groups is 2. The first-order valence-corrected chi connectivity index (χ1v) is 11.9. The molecule has 0 unspecified atom stereocenters. The lowest BCUT2D eigenvalue weighted by Gasteiger charge is -2.23. The molecule has 1 aromatic heterocycles. The van der Waals surface area contributed by atoms with Crippen LogP contribution in [0.5, 0.6) is 0 Å². The van der Waals surface area contributed by atoms with E-state index in [2.05, 4.69) is 15.3 Å². The van der Waals surface area contributed by atoms with E-state index in [0.29, 0.717) is 41.0 Å². The number of hydrogen-bond donors (Lipinski definition) is 1. The quantitative estimate of drug-likeness (QED) is 0.526. The minimum absolute atomic E-state index is 0.0944. The molecule has 1 aliphatic rings. The first-order valence-electron chi connectivity index (χ1n) is 11.5. The molecule has 0 aliphatic carbocycles. The Morgan fingerprint density at radius 1 is 1.12 bits per heavy atom. The summed E-state index contributed by atoms with van der Waals surface area (Å²) >= 11 is 6.51. The Kier molecular flexibility index (Phi) is 8.69. The number of hydrogen-bond acceptors (Lipinski definition) is 5. The largest absolute Gasteiger partial charge is 0.444 e. The van der Waals surface area contributed by atoms with Crippen LogP contribution in [0.2, 0.25) is 5.15 Å². The van der Waals surface area contributed by atoms with Crippen molar-refractivity contribution in [3.8, 4) is 0 Å². The first kappa shape index (κ1) is 26.8. The van der Waals surface area contributed by atoms with E-state index in [1.165, 1.54) is 0 Å². The number of fused-ring (bicyclic) bond motifs is 1. The van der Waals surface area contributed by atoms with Gasteiger partial charge in [-0.25, -0.2) is 14.8 Å². The third kappa shape index (κ3) is 7.56. The highest BCUT2D eigenvalue weighted by Crippen LogP contribution is 2.35. The van der Waals surface area contributed by atoms with Gasteiger partial charge in [0, 0.05) is 25.1 Å². The van der Waals surface area contributed by atoms with Gasteiger partial charge in [0.2, 0.25) is 5.91 Å². The van der Waals surface area contributed by atoms with Crippen molar-refractivity contribution in [1.29, 1.82) is 0 Å². The van der Waals surface area contributed by atoms with Gasteiger partial charge in [-0.2, -0.15) is 0 Å². The maximum atomic E-state index is 13.4. The van der Waals surface area contributed by atoms with Crippen molar-refractivity contribution in [2.75, 3.05) is 13.1 Å². The summed E-state index contributed by atoms with van der Waals surface area (Å²) in [5.74, 6) is 0.239. The average molecular weight is 477 g/mol. The summed E-state index contributed by atoms with van der Waals surface area (Å²) < 4.78 is 5.40. The first-order chi connectivity index (χ1) is 15.2. The molecular formula is C25H37ClN4O3. The Labute approximate surface area is 202 Å². The van der Waals surface area contributed by atoms with Crippen molar-refractivity contribution < 1.29 is 14.3 Å². The van der Waals surface area contributed by atoms with Crippen LogP contribution < -0.4 is 5.32 Å². The van der Waals surface area contributed by atoms with Crippen molar-refractivity contribution in [2.45, 2.75) is 85.7 Å². The number of aromatic nitrogens is 1. The van der Waals surface area contributed by atoms with Gasteiger partial charge in [0.25, 0.3) is 0 Å². The summed E-state index contributed by atoms with van der Waals surface area (Å²) in [4.78, 5) is 37.0. The van der Waals surface area contributed by atoms with E-state index in [0.717, 1.165) is 18.4 Å². The monoisotopic (exact) mass is 476 g/mol. The van der Waals surface area contributed by atoms with Gasteiger partial charge >= 0.3 is 6.09 Å². The minimum atomic E-state index is -0.657. The molecule has 0 radical (unpaired) electrons. The molecule has 33 heavy (non-hydrogen) atoms. The fourth-order valence-electron chi connectivity index (χ4n) is 3.49. The normalized spacial score (nSPS) is 14.0. The van der Waals surface area contributed by atoms with Crippen LogP contribution in [-0.4, -0.2) is 46.4 Å². The molecule has 1 N–H and O–H groups in total. The van der Waals surface area contributed by atoms with Crippen LogP contribution in [0.25, 0.3) is 6.08 Å². The maximum absolute atomic E-state index is 13.4. The van der Waals surface area contributed by atoms with E-state index in [9.17, 15) is 9.59 Å². The van der Waals surface area contributed by atoms with Crippen molar-refractivity contribution in [1.82, 2.24) is 15.2 Å². The van der Waals surface area contributed by atoms with E-state index < -0.39 is 11.7 Å². The number of alkyl carbamates (subject to hydrolysis) is 1. The summed E-state index contributed by atoms with van der Waals surface area (Å²) in [5, 5.41) is 3.11. The van der Waals surface area contributed by atoms with Gasteiger partial charge < -0.3 is 9.64 Å². The van der Waals surface area contributed by atoms with Gasteiger partial charge in [-0.1, -0.05) is 46.2 Å². The van der Waals surface area contributed by atoms with Crippen LogP contribution in [0.4, 0.5) is 10.5 Å². The van der Waals surface area contributed by atoms with Crippen LogP contribution >= 0.6 is 11.6 Å². The zero-order chi connectivity index (χ0) is 25.0. The molecule has 0 atom stereocenters. The Morgan fingerprint density at radius 2 is 1.73 bits per heavy atom.